The Kier molecular flexibility index (Phi) is 5.22. The van der Waals surface area contributed by atoms with Gasteiger partial charge in [-0.15, -0.1) is 0 Å². The second kappa shape index (κ2) is 6.44. The maximum Gasteiger partial charge on any atom is 0.224 e. The van der Waals surface area contributed by atoms with Gasteiger partial charge in [0.25, 0.3) is 0 Å². The van der Waals surface area contributed by atoms with Crippen LogP contribution in [0.4, 0.5) is 8.78 Å². The fraction of sp³-hybridized carbons (Fsp3) is 0.462. The van der Waals surface area contributed by atoms with E-state index in [1.165, 1.54) is 23.1 Å². The van der Waals surface area contributed by atoms with E-state index in [0.29, 0.717) is 13.0 Å². The molecule has 0 aliphatic carbocycles. The molecule has 0 radical (unpaired) electrons. The van der Waals surface area contributed by atoms with E-state index in [2.05, 4.69) is 5.32 Å². The van der Waals surface area contributed by atoms with E-state index in [4.69, 9.17) is 0 Å². The van der Waals surface area contributed by atoms with Crippen molar-refractivity contribution in [3.63, 3.8) is 0 Å². The van der Waals surface area contributed by atoms with Gasteiger partial charge in [0.2, 0.25) is 5.91 Å². The summed E-state index contributed by atoms with van der Waals surface area (Å²) in [6.07, 6.45) is 0.299. The number of amides is 1. The number of hydrogen-bond donors (Lipinski definition) is 1. The molecule has 1 amide bonds. The molecule has 0 bridgehead atoms. The Morgan fingerprint density at radius 2 is 1.94 bits per heavy atom. The van der Waals surface area contributed by atoms with Crippen LogP contribution in [0.15, 0.2) is 18.2 Å². The summed E-state index contributed by atoms with van der Waals surface area (Å²) in [6.45, 7) is 2.15. The van der Waals surface area contributed by atoms with Gasteiger partial charge < -0.3 is 10.2 Å². The Morgan fingerprint density at radius 1 is 1.39 bits per heavy atom. The lowest BCUT2D eigenvalue weighted by Gasteiger charge is -2.26. The first-order valence-corrected chi connectivity index (χ1v) is 5.83. The van der Waals surface area contributed by atoms with Crippen molar-refractivity contribution in [1.82, 2.24) is 10.2 Å². The molecule has 1 atom stereocenters. The summed E-state index contributed by atoms with van der Waals surface area (Å²) in [5.41, 5.74) is -0.0715. The molecule has 1 aromatic carbocycles. The van der Waals surface area contributed by atoms with Crippen LogP contribution in [0.1, 0.15) is 24.9 Å². The molecule has 18 heavy (non-hydrogen) atoms. The zero-order valence-electron chi connectivity index (χ0n) is 10.8. The Balaban J connectivity index is 2.86. The molecule has 0 heterocycles. The third-order valence-corrected chi connectivity index (χ3v) is 2.98. The van der Waals surface area contributed by atoms with E-state index in [9.17, 15) is 13.6 Å². The van der Waals surface area contributed by atoms with Crippen molar-refractivity contribution in [2.75, 3.05) is 20.6 Å². The summed E-state index contributed by atoms with van der Waals surface area (Å²) >= 11 is 0. The molecular weight excluding hydrogens is 238 g/mol. The summed E-state index contributed by atoms with van der Waals surface area (Å²) in [6, 6.07) is 3.07. The summed E-state index contributed by atoms with van der Waals surface area (Å²) in [7, 11) is 3.29. The average Bonchev–Trinajstić information content (AvgIpc) is 2.34. The lowest BCUT2D eigenvalue weighted by Crippen LogP contribution is -2.32. The second-order valence-electron chi connectivity index (χ2n) is 4.17. The summed E-state index contributed by atoms with van der Waals surface area (Å²) in [5.74, 6) is -1.41. The fourth-order valence-corrected chi connectivity index (χ4v) is 1.73. The minimum atomic E-state index is -0.629. The van der Waals surface area contributed by atoms with Gasteiger partial charge in [0.15, 0.2) is 0 Å². The normalized spacial score (nSPS) is 12.3. The summed E-state index contributed by atoms with van der Waals surface area (Å²) < 4.78 is 27.2. The van der Waals surface area contributed by atoms with Crippen LogP contribution in [0.2, 0.25) is 0 Å². The lowest BCUT2D eigenvalue weighted by molar-refractivity contribution is -0.131. The molecule has 1 N–H and O–H groups in total. The van der Waals surface area contributed by atoms with Gasteiger partial charge in [-0.25, -0.2) is 8.78 Å². The van der Waals surface area contributed by atoms with Crippen LogP contribution >= 0.6 is 0 Å². The van der Waals surface area contributed by atoms with E-state index in [-0.39, 0.29) is 11.5 Å². The lowest BCUT2D eigenvalue weighted by atomic mass is 10.1. The SMILES string of the molecule is CNCCC(=O)N(C)C(C)c1c(F)cccc1F. The average molecular weight is 256 g/mol. The fourth-order valence-electron chi connectivity index (χ4n) is 1.73. The predicted octanol–water partition coefficient (Wildman–Crippen LogP) is 2.09. The number of nitrogens with zero attached hydrogens (tertiary/aromatic N) is 1. The predicted molar refractivity (Wildman–Crippen MR) is 66.1 cm³/mol. The zero-order chi connectivity index (χ0) is 13.7. The largest absolute Gasteiger partial charge is 0.339 e. The molecular formula is C13H18F2N2O. The van der Waals surface area contributed by atoms with E-state index in [0.717, 1.165) is 0 Å². The molecule has 3 nitrogen and oxygen atoms in total. The molecule has 1 unspecified atom stereocenters. The molecule has 0 aromatic heterocycles. The third-order valence-electron chi connectivity index (χ3n) is 2.98. The van der Waals surface area contributed by atoms with Crippen LogP contribution in [0, 0.1) is 11.6 Å². The molecule has 1 aromatic rings. The molecule has 0 saturated carbocycles. The van der Waals surface area contributed by atoms with Crippen LogP contribution in [0.5, 0.6) is 0 Å². The molecule has 0 aliphatic heterocycles. The Morgan fingerprint density at radius 3 is 2.44 bits per heavy atom. The first kappa shape index (κ1) is 14.6. The number of carbonyl (C=O) groups excluding carboxylic acids is 1. The minimum Gasteiger partial charge on any atom is -0.339 e. The molecule has 0 spiro atoms. The van der Waals surface area contributed by atoms with Gasteiger partial charge in [-0.3, -0.25) is 4.79 Å². The van der Waals surface area contributed by atoms with Crippen molar-refractivity contribution in [2.24, 2.45) is 0 Å². The quantitative estimate of drug-likeness (QED) is 0.875. The number of halogens is 2. The van der Waals surface area contributed by atoms with Crippen LogP contribution in [0.25, 0.3) is 0 Å². The number of nitrogens with one attached hydrogen (secondary N) is 1. The van der Waals surface area contributed by atoms with Gasteiger partial charge in [-0.1, -0.05) is 6.07 Å². The first-order chi connectivity index (χ1) is 8.49. The molecule has 100 valence electrons. The van der Waals surface area contributed by atoms with Crippen LogP contribution < -0.4 is 5.32 Å². The number of hydrogen-bond acceptors (Lipinski definition) is 2. The zero-order valence-corrected chi connectivity index (χ0v) is 10.8. The van der Waals surface area contributed by atoms with Crippen molar-refractivity contribution in [3.05, 3.63) is 35.4 Å². The number of rotatable bonds is 5. The van der Waals surface area contributed by atoms with Gasteiger partial charge in [-0.05, 0) is 26.1 Å². The van der Waals surface area contributed by atoms with Crippen LogP contribution in [0.3, 0.4) is 0 Å². The molecule has 0 fully saturated rings. The Hall–Kier alpha value is -1.49. The van der Waals surface area contributed by atoms with Crippen molar-refractivity contribution in [1.29, 1.82) is 0 Å². The smallest absolute Gasteiger partial charge is 0.224 e. The standard InChI is InChI=1S/C13H18F2N2O/c1-9(17(3)12(18)7-8-16-2)13-10(14)5-4-6-11(13)15/h4-6,9,16H,7-8H2,1-3H3. The van der Waals surface area contributed by atoms with E-state index >= 15 is 0 Å². The topological polar surface area (TPSA) is 32.3 Å². The van der Waals surface area contributed by atoms with Gasteiger partial charge in [0, 0.05) is 25.6 Å². The summed E-state index contributed by atoms with van der Waals surface area (Å²) in [5, 5.41) is 2.86. The van der Waals surface area contributed by atoms with Crippen LogP contribution in [-0.2, 0) is 4.79 Å². The van der Waals surface area contributed by atoms with Crippen molar-refractivity contribution in [2.45, 2.75) is 19.4 Å². The highest BCUT2D eigenvalue weighted by atomic mass is 19.1. The molecule has 5 heteroatoms. The number of benzene rings is 1. The number of carbonyl (C=O) groups is 1. The monoisotopic (exact) mass is 256 g/mol. The van der Waals surface area contributed by atoms with Gasteiger partial charge in [0.05, 0.1) is 6.04 Å². The van der Waals surface area contributed by atoms with Crippen molar-refractivity contribution >= 4 is 5.91 Å². The minimum absolute atomic E-state index is 0.0715. The van der Waals surface area contributed by atoms with Gasteiger partial charge >= 0.3 is 0 Å². The highest BCUT2D eigenvalue weighted by Crippen LogP contribution is 2.24. The van der Waals surface area contributed by atoms with E-state index in [1.807, 2.05) is 0 Å². The van der Waals surface area contributed by atoms with E-state index < -0.39 is 17.7 Å². The molecule has 1 rings (SSSR count). The maximum atomic E-state index is 13.6. The second-order valence-corrected chi connectivity index (χ2v) is 4.17. The summed E-state index contributed by atoms with van der Waals surface area (Å²) in [4.78, 5) is 13.1. The highest BCUT2D eigenvalue weighted by Gasteiger charge is 2.22. The van der Waals surface area contributed by atoms with Crippen molar-refractivity contribution < 1.29 is 13.6 Å². The Bertz CT molecular complexity index is 403. The van der Waals surface area contributed by atoms with Crippen LogP contribution in [-0.4, -0.2) is 31.4 Å². The Labute approximate surface area is 106 Å². The van der Waals surface area contributed by atoms with Gasteiger partial charge in [-0.2, -0.15) is 0 Å². The molecule has 0 aliphatic rings. The van der Waals surface area contributed by atoms with Gasteiger partial charge in [0.1, 0.15) is 11.6 Å². The first-order valence-electron chi connectivity index (χ1n) is 5.83. The maximum absolute atomic E-state index is 13.6. The third kappa shape index (κ3) is 3.26. The molecule has 0 saturated heterocycles. The highest BCUT2D eigenvalue weighted by molar-refractivity contribution is 5.76. The van der Waals surface area contributed by atoms with E-state index in [1.54, 1.807) is 21.0 Å². The van der Waals surface area contributed by atoms with Crippen molar-refractivity contribution in [3.8, 4) is 0 Å².